The van der Waals surface area contributed by atoms with E-state index in [9.17, 15) is 15.0 Å². The van der Waals surface area contributed by atoms with Gasteiger partial charge in [-0.05, 0) is 12.1 Å². The molecular formula is C14H16ClN3O3. The molecule has 21 heavy (non-hydrogen) atoms. The van der Waals surface area contributed by atoms with Gasteiger partial charge in [0, 0.05) is 31.9 Å². The van der Waals surface area contributed by atoms with Gasteiger partial charge in [-0.2, -0.15) is 5.10 Å². The largest absolute Gasteiger partial charge is 0.480 e. The Hall–Kier alpha value is -1.63. The van der Waals surface area contributed by atoms with Crippen molar-refractivity contribution in [1.82, 2.24) is 14.7 Å². The Bertz CT molecular complexity index is 700. The zero-order valence-corrected chi connectivity index (χ0v) is 12.3. The van der Waals surface area contributed by atoms with Gasteiger partial charge in [-0.15, -0.1) is 0 Å². The molecule has 2 aromatic rings. The molecule has 1 saturated heterocycles. The molecule has 0 unspecified atom stereocenters. The van der Waals surface area contributed by atoms with Gasteiger partial charge in [0.25, 0.3) is 0 Å². The zero-order chi connectivity index (χ0) is 15.1. The predicted octanol–water partition coefficient (Wildman–Crippen LogP) is 1.25. The van der Waals surface area contributed by atoms with Gasteiger partial charge >= 0.3 is 5.97 Å². The van der Waals surface area contributed by atoms with Gasteiger partial charge in [0.15, 0.2) is 0 Å². The fourth-order valence-corrected chi connectivity index (χ4v) is 3.25. The summed E-state index contributed by atoms with van der Waals surface area (Å²) in [4.78, 5) is 13.0. The van der Waals surface area contributed by atoms with Crippen molar-refractivity contribution in [2.75, 3.05) is 6.54 Å². The number of aliphatic hydroxyl groups is 1. The zero-order valence-electron chi connectivity index (χ0n) is 11.5. The molecule has 0 saturated carbocycles. The summed E-state index contributed by atoms with van der Waals surface area (Å²) in [5.74, 6) is -0.919. The lowest BCUT2D eigenvalue weighted by atomic mass is 10.2. The van der Waals surface area contributed by atoms with Gasteiger partial charge in [-0.3, -0.25) is 14.4 Å². The lowest BCUT2D eigenvalue weighted by molar-refractivity contribution is -0.142. The van der Waals surface area contributed by atoms with E-state index in [-0.39, 0.29) is 6.42 Å². The summed E-state index contributed by atoms with van der Waals surface area (Å²) in [7, 11) is 1.83. The minimum absolute atomic E-state index is 0.244. The van der Waals surface area contributed by atoms with Crippen LogP contribution in [0.5, 0.6) is 0 Å². The third-order valence-corrected chi connectivity index (χ3v) is 4.23. The molecular weight excluding hydrogens is 294 g/mol. The Labute approximate surface area is 126 Å². The first-order valence-electron chi connectivity index (χ1n) is 6.72. The number of aliphatic carboxylic acids is 1. The van der Waals surface area contributed by atoms with E-state index in [1.54, 1.807) is 15.6 Å². The average Bonchev–Trinajstić information content (AvgIpc) is 2.93. The molecule has 1 fully saturated rings. The van der Waals surface area contributed by atoms with Crippen LogP contribution in [0.25, 0.3) is 10.9 Å². The topological polar surface area (TPSA) is 78.6 Å². The summed E-state index contributed by atoms with van der Waals surface area (Å²) >= 11 is 6.25. The quantitative estimate of drug-likeness (QED) is 0.892. The second-order valence-corrected chi connectivity index (χ2v) is 5.78. The first-order valence-corrected chi connectivity index (χ1v) is 7.10. The SMILES string of the molecule is Cn1nc(CN2C[C@H](O)C[C@H]2C(=O)O)c2c(Cl)cccc21. The highest BCUT2D eigenvalue weighted by Crippen LogP contribution is 2.29. The molecule has 0 aliphatic carbocycles. The van der Waals surface area contributed by atoms with E-state index in [4.69, 9.17) is 11.6 Å². The molecule has 1 aromatic heterocycles. The van der Waals surface area contributed by atoms with Gasteiger partial charge in [0.1, 0.15) is 6.04 Å². The van der Waals surface area contributed by atoms with E-state index in [1.807, 2.05) is 19.2 Å². The molecule has 3 rings (SSSR count). The van der Waals surface area contributed by atoms with Crippen molar-refractivity contribution in [3.05, 3.63) is 28.9 Å². The maximum Gasteiger partial charge on any atom is 0.321 e. The fourth-order valence-electron chi connectivity index (χ4n) is 2.97. The molecule has 1 aliphatic rings. The number of fused-ring (bicyclic) bond motifs is 1. The molecule has 0 amide bonds. The number of nitrogens with zero attached hydrogens (tertiary/aromatic N) is 3. The predicted molar refractivity (Wildman–Crippen MR) is 78.2 cm³/mol. The van der Waals surface area contributed by atoms with Crippen LogP contribution in [0.1, 0.15) is 12.1 Å². The number of rotatable bonds is 3. The maximum atomic E-state index is 11.3. The van der Waals surface area contributed by atoms with Crippen LogP contribution in [0, 0.1) is 0 Å². The molecule has 0 radical (unpaired) electrons. The van der Waals surface area contributed by atoms with Gasteiger partial charge in [-0.1, -0.05) is 17.7 Å². The normalized spacial score (nSPS) is 23.0. The molecule has 1 aromatic carbocycles. The van der Waals surface area contributed by atoms with Gasteiger partial charge in [0.2, 0.25) is 0 Å². The van der Waals surface area contributed by atoms with E-state index in [1.165, 1.54) is 0 Å². The maximum absolute atomic E-state index is 11.3. The molecule has 112 valence electrons. The van der Waals surface area contributed by atoms with E-state index in [2.05, 4.69) is 5.10 Å². The molecule has 6 nitrogen and oxygen atoms in total. The highest BCUT2D eigenvalue weighted by molar-refractivity contribution is 6.35. The third kappa shape index (κ3) is 2.50. The van der Waals surface area contributed by atoms with Gasteiger partial charge in [-0.25, -0.2) is 0 Å². The van der Waals surface area contributed by atoms with Gasteiger partial charge in [0.05, 0.1) is 22.3 Å². The number of aliphatic hydroxyl groups excluding tert-OH is 1. The van der Waals surface area contributed by atoms with Crippen LogP contribution in [0.15, 0.2) is 18.2 Å². The summed E-state index contributed by atoms with van der Waals surface area (Å²) < 4.78 is 1.73. The number of likely N-dealkylation sites (tertiary alicyclic amines) is 1. The van der Waals surface area contributed by atoms with Crippen molar-refractivity contribution >= 4 is 28.5 Å². The number of β-amino-alcohol motifs (C(OH)–C–C–N with tert-alkyl or cyclic N) is 1. The first-order chi connectivity index (χ1) is 9.97. The lowest BCUT2D eigenvalue weighted by Crippen LogP contribution is -2.35. The number of carboxylic acids is 1. The highest BCUT2D eigenvalue weighted by Gasteiger charge is 2.36. The van der Waals surface area contributed by atoms with Crippen molar-refractivity contribution in [2.45, 2.75) is 25.1 Å². The van der Waals surface area contributed by atoms with Crippen molar-refractivity contribution in [2.24, 2.45) is 7.05 Å². The molecule has 0 spiro atoms. The Morgan fingerprint density at radius 3 is 3.00 bits per heavy atom. The van der Waals surface area contributed by atoms with E-state index >= 15 is 0 Å². The number of aromatic nitrogens is 2. The molecule has 0 bridgehead atoms. The smallest absolute Gasteiger partial charge is 0.321 e. The summed E-state index contributed by atoms with van der Waals surface area (Å²) in [6, 6.07) is 4.89. The van der Waals surface area contributed by atoms with Crippen LogP contribution in [0.2, 0.25) is 5.02 Å². The number of aryl methyl sites for hydroxylation is 1. The summed E-state index contributed by atoms with van der Waals surface area (Å²) in [5.41, 5.74) is 1.64. The second-order valence-electron chi connectivity index (χ2n) is 5.38. The van der Waals surface area contributed by atoms with Crippen LogP contribution in [-0.2, 0) is 18.4 Å². The third-order valence-electron chi connectivity index (χ3n) is 3.92. The molecule has 2 heterocycles. The molecule has 2 atom stereocenters. The number of hydrogen-bond acceptors (Lipinski definition) is 4. The number of benzene rings is 1. The minimum Gasteiger partial charge on any atom is -0.480 e. The number of halogens is 1. The highest BCUT2D eigenvalue weighted by atomic mass is 35.5. The molecule has 1 aliphatic heterocycles. The summed E-state index contributed by atoms with van der Waals surface area (Å²) in [6.07, 6.45) is -0.370. The second kappa shape index (κ2) is 5.29. The Kier molecular flexibility index (Phi) is 3.61. The van der Waals surface area contributed by atoms with E-state index in [0.717, 1.165) is 16.6 Å². The van der Waals surface area contributed by atoms with E-state index < -0.39 is 18.1 Å². The first kappa shape index (κ1) is 14.3. The molecule has 2 N–H and O–H groups in total. The summed E-state index contributed by atoms with van der Waals surface area (Å²) in [5, 5.41) is 24.8. The van der Waals surface area contributed by atoms with Crippen LogP contribution >= 0.6 is 11.6 Å². The minimum atomic E-state index is -0.919. The van der Waals surface area contributed by atoms with Crippen molar-refractivity contribution in [1.29, 1.82) is 0 Å². The Morgan fingerprint density at radius 2 is 2.29 bits per heavy atom. The number of carboxylic acid groups (broad SMARTS) is 1. The Balaban J connectivity index is 1.97. The van der Waals surface area contributed by atoms with Crippen molar-refractivity contribution in [3.8, 4) is 0 Å². The molecule has 7 heteroatoms. The van der Waals surface area contributed by atoms with Crippen LogP contribution in [0.3, 0.4) is 0 Å². The van der Waals surface area contributed by atoms with Crippen LogP contribution in [-0.4, -0.2) is 49.6 Å². The average molecular weight is 310 g/mol. The van der Waals surface area contributed by atoms with Crippen molar-refractivity contribution in [3.63, 3.8) is 0 Å². The van der Waals surface area contributed by atoms with Crippen LogP contribution < -0.4 is 0 Å². The number of carbonyl (C=O) groups is 1. The van der Waals surface area contributed by atoms with E-state index in [0.29, 0.717) is 18.1 Å². The summed E-state index contributed by atoms with van der Waals surface area (Å²) in [6.45, 7) is 0.689. The standard InChI is InChI=1S/C14H16ClN3O3/c1-17-11-4-2-3-9(15)13(11)10(16-17)7-18-6-8(19)5-12(18)14(20)21/h2-4,8,12,19H,5-7H2,1H3,(H,20,21)/t8-,12+/m1/s1. The Morgan fingerprint density at radius 1 is 1.52 bits per heavy atom. The lowest BCUT2D eigenvalue weighted by Gasteiger charge is -2.19. The van der Waals surface area contributed by atoms with Gasteiger partial charge < -0.3 is 10.2 Å². The van der Waals surface area contributed by atoms with Crippen molar-refractivity contribution < 1.29 is 15.0 Å². The fraction of sp³-hybridized carbons (Fsp3) is 0.429. The number of hydrogen-bond donors (Lipinski definition) is 2. The van der Waals surface area contributed by atoms with Crippen LogP contribution in [0.4, 0.5) is 0 Å². The monoisotopic (exact) mass is 309 g/mol.